The summed E-state index contributed by atoms with van der Waals surface area (Å²) in [5, 5.41) is 0. The molecule has 1 nitrogen and oxygen atoms in total. The number of hydrogen-bond acceptors (Lipinski definition) is 1. The molecule has 0 aromatic rings. The Morgan fingerprint density at radius 2 is 2.00 bits per heavy atom. The Bertz CT molecular complexity index is 125. The molecule has 1 aliphatic carbocycles. The molecule has 1 aliphatic heterocycles. The van der Waals surface area contributed by atoms with E-state index in [0.29, 0.717) is 5.41 Å². The summed E-state index contributed by atoms with van der Waals surface area (Å²) in [6.45, 7) is 8.44. The predicted molar refractivity (Wildman–Crippen MR) is 52.2 cm³/mol. The standard InChI is InChI=1S/C9H16O.C2H6/c1-8-2-3-9(6-8)4-5-10-7-9;1-2/h8H,2-7H2,1H3;1-2H3. The Balaban J connectivity index is 0.000000336. The van der Waals surface area contributed by atoms with Crippen molar-refractivity contribution in [3.8, 4) is 0 Å². The molecule has 2 atom stereocenters. The zero-order chi connectivity index (χ0) is 9.03. The van der Waals surface area contributed by atoms with Gasteiger partial charge in [-0.2, -0.15) is 0 Å². The molecule has 2 aliphatic rings. The number of ether oxygens (including phenoxy) is 1. The van der Waals surface area contributed by atoms with E-state index in [1.807, 2.05) is 13.8 Å². The van der Waals surface area contributed by atoms with Gasteiger partial charge in [-0.1, -0.05) is 27.2 Å². The van der Waals surface area contributed by atoms with Crippen LogP contribution in [0.4, 0.5) is 0 Å². The molecular formula is C11H22O. The van der Waals surface area contributed by atoms with Crippen molar-refractivity contribution >= 4 is 0 Å². The first-order chi connectivity index (χ1) is 5.81. The van der Waals surface area contributed by atoms with Crippen molar-refractivity contribution in [2.45, 2.75) is 46.5 Å². The molecule has 0 aromatic heterocycles. The average Bonchev–Trinajstić information content (AvgIpc) is 2.68. The molecule has 12 heavy (non-hydrogen) atoms. The molecule has 0 aromatic carbocycles. The van der Waals surface area contributed by atoms with Gasteiger partial charge in [0.15, 0.2) is 0 Å². The van der Waals surface area contributed by atoms with Crippen molar-refractivity contribution in [1.29, 1.82) is 0 Å². The second-order valence-electron chi connectivity index (χ2n) is 4.15. The van der Waals surface area contributed by atoms with Crippen LogP contribution in [0.25, 0.3) is 0 Å². The van der Waals surface area contributed by atoms with Gasteiger partial charge in [0.05, 0.1) is 6.61 Å². The maximum absolute atomic E-state index is 5.43. The largest absolute Gasteiger partial charge is 0.381 e. The minimum absolute atomic E-state index is 0.638. The molecular weight excluding hydrogens is 148 g/mol. The predicted octanol–water partition coefficient (Wildman–Crippen LogP) is 3.24. The van der Waals surface area contributed by atoms with Crippen LogP contribution in [-0.4, -0.2) is 13.2 Å². The molecule has 0 N–H and O–H groups in total. The first kappa shape index (κ1) is 10.0. The van der Waals surface area contributed by atoms with Gasteiger partial charge in [-0.3, -0.25) is 0 Å². The molecule has 72 valence electrons. The maximum atomic E-state index is 5.43. The summed E-state index contributed by atoms with van der Waals surface area (Å²) in [7, 11) is 0. The molecule has 1 saturated carbocycles. The normalized spacial score (nSPS) is 39.8. The molecule has 2 fully saturated rings. The van der Waals surface area contributed by atoms with Crippen LogP contribution in [0.5, 0.6) is 0 Å². The fraction of sp³-hybridized carbons (Fsp3) is 1.00. The second-order valence-corrected chi connectivity index (χ2v) is 4.15. The van der Waals surface area contributed by atoms with Crippen molar-refractivity contribution < 1.29 is 4.74 Å². The second kappa shape index (κ2) is 4.27. The van der Waals surface area contributed by atoms with Crippen molar-refractivity contribution in [2.75, 3.05) is 13.2 Å². The summed E-state index contributed by atoms with van der Waals surface area (Å²) < 4.78 is 5.43. The van der Waals surface area contributed by atoms with Crippen molar-refractivity contribution in [2.24, 2.45) is 11.3 Å². The van der Waals surface area contributed by atoms with Gasteiger partial charge in [0.2, 0.25) is 0 Å². The quantitative estimate of drug-likeness (QED) is 0.542. The van der Waals surface area contributed by atoms with Gasteiger partial charge in [-0.15, -0.1) is 0 Å². The zero-order valence-electron chi connectivity index (χ0n) is 8.73. The van der Waals surface area contributed by atoms with E-state index >= 15 is 0 Å². The van der Waals surface area contributed by atoms with Crippen molar-refractivity contribution in [1.82, 2.24) is 0 Å². The SMILES string of the molecule is CC.CC1CCC2(CCOC2)C1. The minimum atomic E-state index is 0.638. The highest BCUT2D eigenvalue weighted by Gasteiger charge is 2.40. The monoisotopic (exact) mass is 170 g/mol. The van der Waals surface area contributed by atoms with Gasteiger partial charge in [-0.05, 0) is 30.6 Å². The maximum Gasteiger partial charge on any atom is 0.0523 e. The van der Waals surface area contributed by atoms with Crippen LogP contribution in [0.15, 0.2) is 0 Å². The van der Waals surface area contributed by atoms with Crippen molar-refractivity contribution in [3.63, 3.8) is 0 Å². The first-order valence-corrected chi connectivity index (χ1v) is 5.39. The van der Waals surface area contributed by atoms with E-state index in [2.05, 4.69) is 6.92 Å². The van der Waals surface area contributed by atoms with Crippen LogP contribution in [0, 0.1) is 11.3 Å². The topological polar surface area (TPSA) is 9.23 Å². The van der Waals surface area contributed by atoms with E-state index in [1.165, 1.54) is 25.7 Å². The fourth-order valence-electron chi connectivity index (χ4n) is 2.50. The van der Waals surface area contributed by atoms with E-state index < -0.39 is 0 Å². The molecule has 1 heteroatoms. The van der Waals surface area contributed by atoms with Crippen LogP contribution < -0.4 is 0 Å². The lowest BCUT2D eigenvalue weighted by atomic mass is 9.85. The van der Waals surface area contributed by atoms with E-state index in [1.54, 1.807) is 0 Å². The van der Waals surface area contributed by atoms with E-state index in [4.69, 9.17) is 4.74 Å². The van der Waals surface area contributed by atoms with Gasteiger partial charge in [-0.25, -0.2) is 0 Å². The lowest BCUT2D eigenvalue weighted by molar-refractivity contribution is 0.152. The van der Waals surface area contributed by atoms with Gasteiger partial charge >= 0.3 is 0 Å². The summed E-state index contributed by atoms with van der Waals surface area (Å²) in [6.07, 6.45) is 5.61. The van der Waals surface area contributed by atoms with E-state index in [-0.39, 0.29) is 0 Å². The molecule has 1 heterocycles. The highest BCUT2D eigenvalue weighted by Crippen LogP contribution is 2.46. The molecule has 2 unspecified atom stereocenters. The Morgan fingerprint density at radius 1 is 1.25 bits per heavy atom. The first-order valence-electron chi connectivity index (χ1n) is 5.39. The van der Waals surface area contributed by atoms with E-state index in [9.17, 15) is 0 Å². The highest BCUT2D eigenvalue weighted by molar-refractivity contribution is 4.90. The van der Waals surface area contributed by atoms with Crippen LogP contribution >= 0.6 is 0 Å². The van der Waals surface area contributed by atoms with Crippen LogP contribution in [0.3, 0.4) is 0 Å². The number of hydrogen-bond donors (Lipinski definition) is 0. The zero-order valence-corrected chi connectivity index (χ0v) is 8.73. The Morgan fingerprint density at radius 3 is 2.42 bits per heavy atom. The van der Waals surface area contributed by atoms with Crippen LogP contribution in [0.1, 0.15) is 46.5 Å². The Labute approximate surface area is 76.5 Å². The van der Waals surface area contributed by atoms with E-state index in [0.717, 1.165) is 19.1 Å². The minimum Gasteiger partial charge on any atom is -0.381 e. The third-order valence-corrected chi connectivity index (χ3v) is 3.13. The fourth-order valence-corrected chi connectivity index (χ4v) is 2.50. The Hall–Kier alpha value is -0.0400. The smallest absolute Gasteiger partial charge is 0.0523 e. The lowest BCUT2D eigenvalue weighted by Gasteiger charge is -2.19. The molecule has 0 radical (unpaired) electrons. The Kier molecular flexibility index (Phi) is 3.57. The third-order valence-electron chi connectivity index (χ3n) is 3.13. The van der Waals surface area contributed by atoms with Gasteiger partial charge in [0, 0.05) is 6.61 Å². The summed E-state index contributed by atoms with van der Waals surface area (Å²) in [6, 6.07) is 0. The van der Waals surface area contributed by atoms with Gasteiger partial charge in [0.1, 0.15) is 0 Å². The molecule has 0 bridgehead atoms. The summed E-state index contributed by atoms with van der Waals surface area (Å²) in [4.78, 5) is 0. The van der Waals surface area contributed by atoms with Gasteiger partial charge < -0.3 is 4.74 Å². The van der Waals surface area contributed by atoms with Gasteiger partial charge in [0.25, 0.3) is 0 Å². The lowest BCUT2D eigenvalue weighted by Crippen LogP contribution is -2.15. The summed E-state index contributed by atoms with van der Waals surface area (Å²) in [5.74, 6) is 0.960. The summed E-state index contributed by atoms with van der Waals surface area (Å²) in [5.41, 5.74) is 0.638. The molecule has 1 spiro atoms. The molecule has 0 amide bonds. The number of rotatable bonds is 0. The summed E-state index contributed by atoms with van der Waals surface area (Å²) >= 11 is 0. The molecule has 2 rings (SSSR count). The average molecular weight is 170 g/mol. The third kappa shape index (κ3) is 2.01. The van der Waals surface area contributed by atoms with Crippen LogP contribution in [0.2, 0.25) is 0 Å². The highest BCUT2D eigenvalue weighted by atomic mass is 16.5. The van der Waals surface area contributed by atoms with Crippen molar-refractivity contribution in [3.05, 3.63) is 0 Å². The van der Waals surface area contributed by atoms with Crippen LogP contribution in [-0.2, 0) is 4.74 Å². The molecule has 1 saturated heterocycles.